The first kappa shape index (κ1) is 10.2. The number of aryl methyl sites for hydroxylation is 1. The zero-order valence-electron chi connectivity index (χ0n) is 8.88. The molecule has 0 radical (unpaired) electrons. The molecule has 0 bridgehead atoms. The summed E-state index contributed by atoms with van der Waals surface area (Å²) >= 11 is 2.00. The third-order valence-corrected chi connectivity index (χ3v) is 3.99. The van der Waals surface area contributed by atoms with E-state index < -0.39 is 0 Å². The summed E-state index contributed by atoms with van der Waals surface area (Å²) in [5, 5.41) is 3.55. The van der Waals surface area contributed by atoms with Crippen LogP contribution in [0.15, 0.2) is 12.1 Å². The SMILES string of the molecule is CCCc1ccc(CC2CCCN2)s1. The Labute approximate surface area is 90.5 Å². The lowest BCUT2D eigenvalue weighted by molar-refractivity contribution is 0.608. The van der Waals surface area contributed by atoms with Gasteiger partial charge in [0.2, 0.25) is 0 Å². The van der Waals surface area contributed by atoms with Gasteiger partial charge in [0, 0.05) is 15.8 Å². The van der Waals surface area contributed by atoms with Crippen molar-refractivity contribution in [2.24, 2.45) is 0 Å². The first-order chi connectivity index (χ1) is 6.88. The lowest BCUT2D eigenvalue weighted by Crippen LogP contribution is -2.23. The van der Waals surface area contributed by atoms with Gasteiger partial charge in [-0.1, -0.05) is 13.3 Å². The summed E-state index contributed by atoms with van der Waals surface area (Å²) in [7, 11) is 0. The largest absolute Gasteiger partial charge is 0.314 e. The fourth-order valence-electron chi connectivity index (χ4n) is 2.09. The summed E-state index contributed by atoms with van der Waals surface area (Å²) in [6.45, 7) is 3.47. The van der Waals surface area contributed by atoms with Gasteiger partial charge in [0.1, 0.15) is 0 Å². The molecule has 1 unspecified atom stereocenters. The van der Waals surface area contributed by atoms with Crippen LogP contribution in [-0.2, 0) is 12.8 Å². The molecular weight excluding hydrogens is 190 g/mol. The summed E-state index contributed by atoms with van der Waals surface area (Å²) in [5.74, 6) is 0. The molecule has 1 saturated heterocycles. The summed E-state index contributed by atoms with van der Waals surface area (Å²) in [6, 6.07) is 5.37. The van der Waals surface area contributed by atoms with Crippen LogP contribution in [0, 0.1) is 0 Å². The van der Waals surface area contributed by atoms with Gasteiger partial charge in [-0.3, -0.25) is 0 Å². The Balaban J connectivity index is 1.88. The molecule has 2 heterocycles. The normalized spacial score (nSPS) is 21.6. The Kier molecular flexibility index (Phi) is 3.60. The molecule has 0 spiro atoms. The molecule has 1 nitrogen and oxygen atoms in total. The Morgan fingerprint density at radius 3 is 3.00 bits per heavy atom. The highest BCUT2D eigenvalue weighted by Gasteiger charge is 2.14. The van der Waals surface area contributed by atoms with E-state index in [9.17, 15) is 0 Å². The molecule has 78 valence electrons. The van der Waals surface area contributed by atoms with Gasteiger partial charge in [0.15, 0.2) is 0 Å². The maximum absolute atomic E-state index is 3.55. The Morgan fingerprint density at radius 1 is 1.43 bits per heavy atom. The van der Waals surface area contributed by atoms with Gasteiger partial charge < -0.3 is 5.32 Å². The van der Waals surface area contributed by atoms with Gasteiger partial charge in [-0.2, -0.15) is 0 Å². The minimum absolute atomic E-state index is 0.753. The molecule has 1 atom stereocenters. The highest BCUT2D eigenvalue weighted by atomic mass is 32.1. The van der Waals surface area contributed by atoms with E-state index in [0.717, 1.165) is 6.04 Å². The Bertz CT molecular complexity index is 274. The van der Waals surface area contributed by atoms with E-state index in [1.807, 2.05) is 11.3 Å². The predicted octanol–water partition coefficient (Wildman–Crippen LogP) is 3.00. The van der Waals surface area contributed by atoms with Gasteiger partial charge >= 0.3 is 0 Å². The van der Waals surface area contributed by atoms with E-state index in [-0.39, 0.29) is 0 Å². The highest BCUT2D eigenvalue weighted by Crippen LogP contribution is 2.21. The molecule has 1 aliphatic rings. The van der Waals surface area contributed by atoms with Crippen molar-refractivity contribution in [3.63, 3.8) is 0 Å². The number of nitrogens with one attached hydrogen (secondary N) is 1. The fraction of sp³-hybridized carbons (Fsp3) is 0.667. The highest BCUT2D eigenvalue weighted by molar-refractivity contribution is 7.12. The van der Waals surface area contributed by atoms with Crippen LogP contribution >= 0.6 is 11.3 Å². The monoisotopic (exact) mass is 209 g/mol. The maximum atomic E-state index is 3.55. The summed E-state index contributed by atoms with van der Waals surface area (Å²) in [5.41, 5.74) is 0. The standard InChI is InChI=1S/C12H19NS/c1-2-4-11-6-7-12(14-11)9-10-5-3-8-13-10/h6-7,10,13H,2-5,8-9H2,1H3. The first-order valence-corrected chi connectivity index (χ1v) is 6.51. The second-order valence-electron chi connectivity index (χ2n) is 4.12. The van der Waals surface area contributed by atoms with Gasteiger partial charge in [0.25, 0.3) is 0 Å². The first-order valence-electron chi connectivity index (χ1n) is 5.69. The minimum Gasteiger partial charge on any atom is -0.314 e. The van der Waals surface area contributed by atoms with Crippen molar-refractivity contribution >= 4 is 11.3 Å². The van der Waals surface area contributed by atoms with Gasteiger partial charge in [-0.25, -0.2) is 0 Å². The quantitative estimate of drug-likeness (QED) is 0.804. The van der Waals surface area contributed by atoms with Crippen molar-refractivity contribution in [1.29, 1.82) is 0 Å². The average molecular weight is 209 g/mol. The lowest BCUT2D eigenvalue weighted by atomic mass is 10.1. The van der Waals surface area contributed by atoms with E-state index in [2.05, 4.69) is 24.4 Å². The van der Waals surface area contributed by atoms with Crippen LogP contribution < -0.4 is 5.32 Å². The predicted molar refractivity (Wildman–Crippen MR) is 63.0 cm³/mol. The van der Waals surface area contributed by atoms with Crippen LogP contribution in [0.25, 0.3) is 0 Å². The van der Waals surface area contributed by atoms with Crippen molar-refractivity contribution in [3.8, 4) is 0 Å². The lowest BCUT2D eigenvalue weighted by Gasteiger charge is -2.07. The van der Waals surface area contributed by atoms with E-state index in [0.29, 0.717) is 0 Å². The third-order valence-electron chi connectivity index (χ3n) is 2.82. The van der Waals surface area contributed by atoms with Crippen molar-refractivity contribution in [1.82, 2.24) is 5.32 Å². The molecule has 0 aromatic carbocycles. The topological polar surface area (TPSA) is 12.0 Å². The van der Waals surface area contributed by atoms with Crippen LogP contribution in [0.4, 0.5) is 0 Å². The smallest absolute Gasteiger partial charge is 0.0116 e. The van der Waals surface area contributed by atoms with Crippen LogP contribution in [0.1, 0.15) is 35.9 Å². The van der Waals surface area contributed by atoms with Gasteiger partial charge in [-0.15, -0.1) is 11.3 Å². The Morgan fingerprint density at radius 2 is 2.29 bits per heavy atom. The Hall–Kier alpha value is -0.340. The molecular formula is C12H19NS. The van der Waals surface area contributed by atoms with E-state index in [1.165, 1.54) is 38.6 Å². The fourth-order valence-corrected chi connectivity index (χ4v) is 3.29. The van der Waals surface area contributed by atoms with Gasteiger partial charge in [-0.05, 0) is 44.4 Å². The maximum Gasteiger partial charge on any atom is 0.0116 e. The molecule has 1 aliphatic heterocycles. The van der Waals surface area contributed by atoms with Crippen LogP contribution in [0.2, 0.25) is 0 Å². The molecule has 1 N–H and O–H groups in total. The van der Waals surface area contributed by atoms with E-state index >= 15 is 0 Å². The molecule has 1 aromatic rings. The molecule has 2 heteroatoms. The summed E-state index contributed by atoms with van der Waals surface area (Å²) in [6.07, 6.45) is 6.48. The second kappa shape index (κ2) is 4.94. The van der Waals surface area contributed by atoms with Crippen molar-refractivity contribution in [3.05, 3.63) is 21.9 Å². The number of rotatable bonds is 4. The number of hydrogen-bond acceptors (Lipinski definition) is 2. The van der Waals surface area contributed by atoms with Crippen LogP contribution in [0.5, 0.6) is 0 Å². The molecule has 14 heavy (non-hydrogen) atoms. The molecule has 0 amide bonds. The summed E-state index contributed by atoms with van der Waals surface area (Å²) in [4.78, 5) is 3.12. The van der Waals surface area contributed by atoms with E-state index in [4.69, 9.17) is 0 Å². The van der Waals surface area contributed by atoms with E-state index in [1.54, 1.807) is 9.75 Å². The average Bonchev–Trinajstić information content (AvgIpc) is 2.79. The van der Waals surface area contributed by atoms with Crippen LogP contribution in [0.3, 0.4) is 0 Å². The molecule has 0 saturated carbocycles. The number of hydrogen-bond donors (Lipinski definition) is 1. The molecule has 0 aliphatic carbocycles. The van der Waals surface area contributed by atoms with Crippen molar-refractivity contribution in [2.75, 3.05) is 6.54 Å². The second-order valence-corrected chi connectivity index (χ2v) is 5.37. The zero-order valence-corrected chi connectivity index (χ0v) is 9.70. The van der Waals surface area contributed by atoms with Crippen molar-refractivity contribution in [2.45, 2.75) is 45.1 Å². The molecule has 2 rings (SSSR count). The van der Waals surface area contributed by atoms with Crippen molar-refractivity contribution < 1.29 is 0 Å². The number of thiophene rings is 1. The minimum atomic E-state index is 0.753. The zero-order chi connectivity index (χ0) is 9.80. The molecule has 1 aromatic heterocycles. The van der Waals surface area contributed by atoms with Crippen LogP contribution in [-0.4, -0.2) is 12.6 Å². The third kappa shape index (κ3) is 2.58. The molecule has 1 fully saturated rings. The summed E-state index contributed by atoms with van der Waals surface area (Å²) < 4.78 is 0. The van der Waals surface area contributed by atoms with Gasteiger partial charge in [0.05, 0.1) is 0 Å².